The van der Waals surface area contributed by atoms with Gasteiger partial charge < -0.3 is 10.1 Å². The second-order valence-electron chi connectivity index (χ2n) is 7.04. The van der Waals surface area contributed by atoms with Crippen LogP contribution in [-0.4, -0.2) is 27.6 Å². The molecule has 1 aromatic carbocycles. The molecule has 1 amide bonds. The Bertz CT molecular complexity index is 938. The number of rotatable bonds is 3. The number of anilines is 1. The molecule has 0 spiro atoms. The van der Waals surface area contributed by atoms with Crippen LogP contribution in [0.25, 0.3) is 5.65 Å². The molecule has 6 nitrogen and oxygen atoms in total. The van der Waals surface area contributed by atoms with Crippen molar-refractivity contribution in [1.29, 1.82) is 0 Å². The second-order valence-corrected chi connectivity index (χ2v) is 7.04. The fourth-order valence-corrected chi connectivity index (χ4v) is 2.67. The summed E-state index contributed by atoms with van der Waals surface area (Å²) < 4.78 is 7.09. The lowest BCUT2D eigenvalue weighted by Gasteiger charge is -2.20. The Labute approximate surface area is 146 Å². The Morgan fingerprint density at radius 1 is 1.20 bits per heavy atom. The number of fused-ring (bicyclic) bond motifs is 1. The predicted octanol–water partition coefficient (Wildman–Crippen LogP) is 3.60. The molecule has 0 radical (unpaired) electrons. The van der Waals surface area contributed by atoms with Gasteiger partial charge in [0.05, 0.1) is 24.7 Å². The first-order valence-corrected chi connectivity index (χ1v) is 8.11. The van der Waals surface area contributed by atoms with Crippen LogP contribution >= 0.6 is 0 Å². The van der Waals surface area contributed by atoms with Crippen LogP contribution in [0.2, 0.25) is 0 Å². The van der Waals surface area contributed by atoms with E-state index in [4.69, 9.17) is 4.74 Å². The van der Waals surface area contributed by atoms with Crippen molar-refractivity contribution >= 4 is 17.2 Å². The number of benzene rings is 1. The van der Waals surface area contributed by atoms with E-state index in [9.17, 15) is 4.79 Å². The van der Waals surface area contributed by atoms with Gasteiger partial charge in [0.15, 0.2) is 5.65 Å². The van der Waals surface area contributed by atoms with Crippen LogP contribution in [-0.2, 0) is 5.41 Å². The normalized spacial score (nSPS) is 11.6. The minimum absolute atomic E-state index is 0.177. The highest BCUT2D eigenvalue weighted by Crippen LogP contribution is 2.27. The molecule has 2 heterocycles. The van der Waals surface area contributed by atoms with Gasteiger partial charge in [-0.05, 0) is 30.7 Å². The third-order valence-electron chi connectivity index (χ3n) is 3.96. The van der Waals surface area contributed by atoms with Gasteiger partial charge in [-0.2, -0.15) is 5.10 Å². The first-order chi connectivity index (χ1) is 11.8. The number of amides is 1. The summed E-state index contributed by atoms with van der Waals surface area (Å²) in [6.07, 6.45) is 1.68. The highest BCUT2D eigenvalue weighted by Gasteiger charge is 2.22. The van der Waals surface area contributed by atoms with Gasteiger partial charge in [-0.25, -0.2) is 9.50 Å². The summed E-state index contributed by atoms with van der Waals surface area (Å²) in [6, 6.07) is 9.22. The van der Waals surface area contributed by atoms with Crippen molar-refractivity contribution in [2.24, 2.45) is 0 Å². The number of aromatic nitrogens is 3. The van der Waals surface area contributed by atoms with Gasteiger partial charge in [0.25, 0.3) is 5.91 Å². The molecule has 6 heteroatoms. The largest absolute Gasteiger partial charge is 0.495 e. The molecule has 0 saturated heterocycles. The number of carbonyl (C=O) groups excluding carboxylic acids is 1. The number of hydrogen-bond donors (Lipinski definition) is 1. The Hall–Kier alpha value is -2.89. The maximum absolute atomic E-state index is 12.8. The minimum Gasteiger partial charge on any atom is -0.495 e. The second kappa shape index (κ2) is 6.20. The van der Waals surface area contributed by atoms with Crippen LogP contribution in [0.1, 0.15) is 42.5 Å². The molecule has 0 aliphatic carbocycles. The zero-order valence-corrected chi connectivity index (χ0v) is 15.1. The molecule has 3 rings (SSSR count). The lowest BCUT2D eigenvalue weighted by molar-refractivity contribution is 0.102. The molecule has 0 unspecified atom stereocenters. The SMILES string of the molecule is COc1ccc(C)cc1NC(=O)c1cc(C(C)(C)C)n2nccc2n1. The summed E-state index contributed by atoms with van der Waals surface area (Å²) in [4.78, 5) is 17.2. The van der Waals surface area contributed by atoms with Crippen LogP contribution in [0, 0.1) is 6.92 Å². The Morgan fingerprint density at radius 3 is 2.64 bits per heavy atom. The highest BCUT2D eigenvalue weighted by atomic mass is 16.5. The van der Waals surface area contributed by atoms with E-state index >= 15 is 0 Å². The molecule has 25 heavy (non-hydrogen) atoms. The lowest BCUT2D eigenvalue weighted by atomic mass is 9.91. The zero-order valence-electron chi connectivity index (χ0n) is 15.1. The summed E-state index contributed by atoms with van der Waals surface area (Å²) in [5.41, 5.74) is 3.40. The van der Waals surface area contributed by atoms with Gasteiger partial charge in [0.2, 0.25) is 0 Å². The highest BCUT2D eigenvalue weighted by molar-refractivity contribution is 6.04. The average Bonchev–Trinajstić information content (AvgIpc) is 3.01. The van der Waals surface area contributed by atoms with E-state index in [-0.39, 0.29) is 11.3 Å². The molecular formula is C19H22N4O2. The van der Waals surface area contributed by atoms with Gasteiger partial charge in [-0.3, -0.25) is 4.79 Å². The average molecular weight is 338 g/mol. The fraction of sp³-hybridized carbons (Fsp3) is 0.316. The van der Waals surface area contributed by atoms with E-state index < -0.39 is 0 Å². The smallest absolute Gasteiger partial charge is 0.274 e. The van der Waals surface area contributed by atoms with Crippen molar-refractivity contribution in [3.8, 4) is 5.75 Å². The number of nitrogens with zero attached hydrogens (tertiary/aromatic N) is 3. The topological polar surface area (TPSA) is 68.5 Å². The molecule has 130 valence electrons. The van der Waals surface area contributed by atoms with Crippen LogP contribution in [0.3, 0.4) is 0 Å². The molecule has 1 N–H and O–H groups in total. The molecule has 0 atom stereocenters. The van der Waals surface area contributed by atoms with Gasteiger partial charge in [0.1, 0.15) is 11.4 Å². The third kappa shape index (κ3) is 3.33. The van der Waals surface area contributed by atoms with E-state index in [2.05, 4.69) is 36.2 Å². The summed E-state index contributed by atoms with van der Waals surface area (Å²) in [7, 11) is 1.58. The van der Waals surface area contributed by atoms with Crippen LogP contribution in [0.4, 0.5) is 5.69 Å². The van der Waals surface area contributed by atoms with Crippen molar-refractivity contribution in [2.45, 2.75) is 33.1 Å². The summed E-state index contributed by atoms with van der Waals surface area (Å²) >= 11 is 0. The van der Waals surface area contributed by atoms with Crippen LogP contribution in [0.15, 0.2) is 36.5 Å². The van der Waals surface area contributed by atoms with Crippen molar-refractivity contribution in [1.82, 2.24) is 14.6 Å². The summed E-state index contributed by atoms with van der Waals surface area (Å²) in [5.74, 6) is 0.332. The molecule has 0 fully saturated rings. The van der Waals surface area contributed by atoms with Gasteiger partial charge in [-0.1, -0.05) is 26.8 Å². The number of aryl methyl sites for hydroxylation is 1. The molecule has 2 aromatic heterocycles. The maximum Gasteiger partial charge on any atom is 0.274 e. The molecule has 0 aliphatic heterocycles. The van der Waals surface area contributed by atoms with E-state index in [0.717, 1.165) is 11.3 Å². The minimum atomic E-state index is -0.280. The number of carbonyl (C=O) groups is 1. The molecular weight excluding hydrogens is 316 g/mol. The molecule has 3 aromatic rings. The Kier molecular flexibility index (Phi) is 4.20. The number of hydrogen-bond acceptors (Lipinski definition) is 4. The monoisotopic (exact) mass is 338 g/mol. The maximum atomic E-state index is 12.8. The van der Waals surface area contributed by atoms with Crippen molar-refractivity contribution < 1.29 is 9.53 Å². The van der Waals surface area contributed by atoms with Crippen molar-refractivity contribution in [3.05, 3.63) is 53.5 Å². The van der Waals surface area contributed by atoms with E-state index in [1.165, 1.54) is 0 Å². The van der Waals surface area contributed by atoms with E-state index in [1.807, 2.05) is 25.1 Å². The Balaban J connectivity index is 2.02. The lowest BCUT2D eigenvalue weighted by Crippen LogP contribution is -2.21. The van der Waals surface area contributed by atoms with Crippen LogP contribution < -0.4 is 10.1 Å². The zero-order chi connectivity index (χ0) is 18.2. The van der Waals surface area contributed by atoms with Gasteiger partial charge in [0, 0.05) is 11.5 Å². The fourth-order valence-electron chi connectivity index (χ4n) is 2.67. The van der Waals surface area contributed by atoms with Crippen molar-refractivity contribution in [3.63, 3.8) is 0 Å². The van der Waals surface area contributed by atoms with E-state index in [1.54, 1.807) is 30.0 Å². The number of nitrogens with one attached hydrogen (secondary N) is 1. The van der Waals surface area contributed by atoms with Crippen molar-refractivity contribution in [2.75, 3.05) is 12.4 Å². The van der Waals surface area contributed by atoms with E-state index in [0.29, 0.717) is 22.8 Å². The quantitative estimate of drug-likeness (QED) is 0.792. The first kappa shape index (κ1) is 17.0. The Morgan fingerprint density at radius 2 is 1.96 bits per heavy atom. The number of ether oxygens (including phenoxy) is 1. The number of methoxy groups -OCH3 is 1. The molecule has 0 saturated carbocycles. The van der Waals surface area contributed by atoms with Gasteiger partial charge >= 0.3 is 0 Å². The molecule has 0 bridgehead atoms. The summed E-state index contributed by atoms with van der Waals surface area (Å²) in [6.45, 7) is 8.20. The summed E-state index contributed by atoms with van der Waals surface area (Å²) in [5, 5.41) is 7.21. The first-order valence-electron chi connectivity index (χ1n) is 8.11. The standard InChI is InChI=1S/C19H22N4O2/c1-12-6-7-15(25-5)13(10-12)22-18(24)14-11-16(19(2,3)4)23-17(21-14)8-9-20-23/h6-11H,1-5H3,(H,22,24). The van der Waals surface area contributed by atoms with Gasteiger partial charge in [-0.15, -0.1) is 0 Å². The molecule has 0 aliphatic rings. The predicted molar refractivity (Wildman–Crippen MR) is 97.4 cm³/mol. The third-order valence-corrected chi connectivity index (χ3v) is 3.96. The van der Waals surface area contributed by atoms with Crippen LogP contribution in [0.5, 0.6) is 5.75 Å².